The van der Waals surface area contributed by atoms with Crippen LogP contribution in [0.3, 0.4) is 0 Å². The lowest BCUT2D eigenvalue weighted by atomic mass is 10.1. The van der Waals surface area contributed by atoms with Crippen molar-refractivity contribution in [3.63, 3.8) is 0 Å². The lowest BCUT2D eigenvalue weighted by molar-refractivity contribution is 0.199. The van der Waals surface area contributed by atoms with Gasteiger partial charge in [-0.15, -0.1) is 0 Å². The summed E-state index contributed by atoms with van der Waals surface area (Å²) in [7, 11) is 1.65. The van der Waals surface area contributed by atoms with Crippen molar-refractivity contribution in [1.29, 1.82) is 0 Å². The molecule has 1 aliphatic rings. The third-order valence-corrected chi connectivity index (χ3v) is 4.39. The molecule has 1 unspecified atom stereocenters. The Morgan fingerprint density at radius 2 is 1.88 bits per heavy atom. The fraction of sp³-hybridized carbons (Fsp3) is 0.400. The fourth-order valence-corrected chi connectivity index (χ4v) is 3.09. The van der Waals surface area contributed by atoms with Crippen LogP contribution in [0.25, 0.3) is 0 Å². The minimum atomic E-state index is -0.243. The summed E-state index contributed by atoms with van der Waals surface area (Å²) >= 11 is 0. The van der Waals surface area contributed by atoms with Gasteiger partial charge in [-0.3, -0.25) is 4.90 Å². The molecule has 2 aromatic carbocycles. The van der Waals surface area contributed by atoms with Crippen molar-refractivity contribution in [2.75, 3.05) is 26.7 Å². The molecular weight excluding hydrogens is 319 g/mol. The molecule has 1 atom stereocenters. The van der Waals surface area contributed by atoms with E-state index in [4.69, 9.17) is 9.47 Å². The van der Waals surface area contributed by atoms with Crippen LogP contribution < -0.4 is 14.8 Å². The summed E-state index contributed by atoms with van der Waals surface area (Å²) in [5.41, 5.74) is 2.13. The molecule has 0 spiro atoms. The predicted molar refractivity (Wildman–Crippen MR) is 96.5 cm³/mol. The topological polar surface area (TPSA) is 33.7 Å². The van der Waals surface area contributed by atoms with E-state index in [-0.39, 0.29) is 5.82 Å². The number of benzene rings is 2. The highest BCUT2D eigenvalue weighted by Gasteiger charge is 2.16. The third kappa shape index (κ3) is 4.94. The summed E-state index contributed by atoms with van der Waals surface area (Å²) in [5.74, 6) is 1.18. The molecule has 0 amide bonds. The molecule has 1 heterocycles. The van der Waals surface area contributed by atoms with E-state index in [9.17, 15) is 4.39 Å². The lowest BCUT2D eigenvalue weighted by Crippen LogP contribution is -2.48. The molecule has 134 valence electrons. The first-order valence-electron chi connectivity index (χ1n) is 8.64. The van der Waals surface area contributed by atoms with Gasteiger partial charge in [-0.25, -0.2) is 4.39 Å². The van der Waals surface area contributed by atoms with E-state index in [1.807, 2.05) is 12.1 Å². The maximum absolute atomic E-state index is 13.0. The van der Waals surface area contributed by atoms with Gasteiger partial charge in [0.2, 0.25) is 0 Å². The number of hydrogen-bond donors (Lipinski definition) is 1. The van der Waals surface area contributed by atoms with Crippen molar-refractivity contribution in [1.82, 2.24) is 10.2 Å². The predicted octanol–water partition coefficient (Wildman–Crippen LogP) is 3.21. The average Bonchev–Trinajstić information content (AvgIpc) is 2.62. The highest BCUT2D eigenvalue weighted by Crippen LogP contribution is 2.29. The highest BCUT2D eigenvalue weighted by molar-refractivity contribution is 5.43. The number of methoxy groups -OCH3 is 1. The second-order valence-corrected chi connectivity index (χ2v) is 6.49. The number of ether oxygens (including phenoxy) is 2. The second-order valence-electron chi connectivity index (χ2n) is 6.49. The Balaban J connectivity index is 1.63. The second kappa shape index (κ2) is 8.32. The number of piperazine rings is 1. The number of nitrogens with one attached hydrogen (secondary N) is 1. The van der Waals surface area contributed by atoms with E-state index in [0.717, 1.165) is 37.5 Å². The van der Waals surface area contributed by atoms with E-state index >= 15 is 0 Å². The fourth-order valence-electron chi connectivity index (χ4n) is 3.09. The Kier molecular flexibility index (Phi) is 5.89. The van der Waals surface area contributed by atoms with Crippen molar-refractivity contribution in [2.24, 2.45) is 0 Å². The molecule has 25 heavy (non-hydrogen) atoms. The zero-order valence-corrected chi connectivity index (χ0v) is 14.8. The van der Waals surface area contributed by atoms with E-state index in [0.29, 0.717) is 18.4 Å². The Bertz CT molecular complexity index is 691. The van der Waals surface area contributed by atoms with Crippen LogP contribution in [-0.2, 0) is 13.2 Å². The van der Waals surface area contributed by atoms with Crippen LogP contribution in [0.4, 0.5) is 4.39 Å². The van der Waals surface area contributed by atoms with Crippen LogP contribution in [0.15, 0.2) is 42.5 Å². The van der Waals surface area contributed by atoms with E-state index in [1.165, 1.54) is 17.7 Å². The summed E-state index contributed by atoms with van der Waals surface area (Å²) < 4.78 is 24.3. The maximum atomic E-state index is 13.0. The largest absolute Gasteiger partial charge is 0.493 e. The van der Waals surface area contributed by atoms with Crippen molar-refractivity contribution in [2.45, 2.75) is 26.1 Å². The molecule has 3 rings (SSSR count). The van der Waals surface area contributed by atoms with Gasteiger partial charge in [-0.2, -0.15) is 0 Å². The van der Waals surface area contributed by atoms with Gasteiger partial charge < -0.3 is 14.8 Å². The van der Waals surface area contributed by atoms with Crippen molar-refractivity contribution in [3.8, 4) is 11.5 Å². The molecule has 1 aliphatic heterocycles. The molecule has 1 N–H and O–H groups in total. The Hall–Kier alpha value is -2.11. The number of halogens is 1. The SMILES string of the molecule is COc1cc(CN2CCNC(C)C2)ccc1OCc1ccc(F)cc1. The zero-order valence-electron chi connectivity index (χ0n) is 14.8. The molecule has 0 aliphatic carbocycles. The van der Waals surface area contributed by atoms with Crippen molar-refractivity contribution in [3.05, 3.63) is 59.4 Å². The summed E-state index contributed by atoms with van der Waals surface area (Å²) in [6, 6.07) is 12.9. The third-order valence-electron chi connectivity index (χ3n) is 4.39. The average molecular weight is 344 g/mol. The van der Waals surface area contributed by atoms with Crippen molar-refractivity contribution < 1.29 is 13.9 Å². The van der Waals surface area contributed by atoms with Gasteiger partial charge in [-0.05, 0) is 42.3 Å². The summed E-state index contributed by atoms with van der Waals surface area (Å²) in [6.07, 6.45) is 0. The van der Waals surface area contributed by atoms with Gasteiger partial charge in [0, 0.05) is 32.2 Å². The molecule has 0 bridgehead atoms. The van der Waals surface area contributed by atoms with Crippen LogP contribution in [0.2, 0.25) is 0 Å². The number of hydrogen-bond acceptors (Lipinski definition) is 4. The summed E-state index contributed by atoms with van der Waals surface area (Å²) in [6.45, 7) is 6.61. The molecule has 1 saturated heterocycles. The first-order valence-corrected chi connectivity index (χ1v) is 8.64. The van der Waals surface area contributed by atoms with Crippen molar-refractivity contribution >= 4 is 0 Å². The van der Waals surface area contributed by atoms with Crippen LogP contribution in [-0.4, -0.2) is 37.7 Å². The lowest BCUT2D eigenvalue weighted by Gasteiger charge is -2.31. The minimum absolute atomic E-state index is 0.243. The molecule has 1 fully saturated rings. The summed E-state index contributed by atoms with van der Waals surface area (Å²) in [4.78, 5) is 2.44. The maximum Gasteiger partial charge on any atom is 0.161 e. The number of rotatable bonds is 6. The van der Waals surface area contributed by atoms with Crippen LogP contribution in [0, 0.1) is 5.82 Å². The molecule has 5 heteroatoms. The molecular formula is C20H25FN2O2. The Morgan fingerprint density at radius 1 is 1.12 bits per heavy atom. The van der Waals surface area contributed by atoms with Gasteiger partial charge in [0.25, 0.3) is 0 Å². The first-order chi connectivity index (χ1) is 12.1. The van der Waals surface area contributed by atoms with Crippen LogP contribution in [0.1, 0.15) is 18.1 Å². The minimum Gasteiger partial charge on any atom is -0.493 e. The molecule has 0 saturated carbocycles. The first kappa shape index (κ1) is 17.7. The standard InChI is InChI=1S/C20H25FN2O2/c1-15-12-23(10-9-22-15)13-17-5-8-19(20(11-17)24-2)25-14-16-3-6-18(21)7-4-16/h3-8,11,15,22H,9-10,12-14H2,1-2H3. The van der Waals surface area contributed by atoms with E-state index in [2.05, 4.69) is 23.2 Å². The van der Waals surface area contributed by atoms with Gasteiger partial charge in [0.1, 0.15) is 12.4 Å². The van der Waals surface area contributed by atoms with E-state index in [1.54, 1.807) is 19.2 Å². The zero-order chi connectivity index (χ0) is 17.6. The van der Waals surface area contributed by atoms with Gasteiger partial charge >= 0.3 is 0 Å². The quantitative estimate of drug-likeness (QED) is 0.872. The smallest absolute Gasteiger partial charge is 0.161 e. The van der Waals surface area contributed by atoms with Gasteiger partial charge in [0.15, 0.2) is 11.5 Å². The normalized spacial score (nSPS) is 18.1. The van der Waals surface area contributed by atoms with Gasteiger partial charge in [0.05, 0.1) is 7.11 Å². The summed E-state index contributed by atoms with van der Waals surface area (Å²) in [5, 5.41) is 3.46. The monoisotopic (exact) mass is 344 g/mol. The number of nitrogens with zero attached hydrogens (tertiary/aromatic N) is 1. The van der Waals surface area contributed by atoms with E-state index < -0.39 is 0 Å². The highest BCUT2D eigenvalue weighted by atomic mass is 19.1. The molecule has 4 nitrogen and oxygen atoms in total. The molecule has 2 aromatic rings. The van der Waals surface area contributed by atoms with Crippen LogP contribution in [0.5, 0.6) is 11.5 Å². The molecule has 0 radical (unpaired) electrons. The van der Waals surface area contributed by atoms with Crippen LogP contribution >= 0.6 is 0 Å². The molecule has 0 aromatic heterocycles. The Morgan fingerprint density at radius 3 is 2.60 bits per heavy atom. The van der Waals surface area contributed by atoms with Gasteiger partial charge in [-0.1, -0.05) is 18.2 Å². The Labute approximate surface area is 148 Å².